The summed E-state index contributed by atoms with van der Waals surface area (Å²) in [6.45, 7) is 2.97. The van der Waals surface area contributed by atoms with E-state index in [1.54, 1.807) is 29.1 Å². The quantitative estimate of drug-likeness (QED) is 0.595. The van der Waals surface area contributed by atoms with Crippen molar-refractivity contribution in [2.75, 3.05) is 13.1 Å². The first-order chi connectivity index (χ1) is 15.0. The Morgan fingerprint density at radius 3 is 2.61 bits per heavy atom. The van der Waals surface area contributed by atoms with Crippen LogP contribution in [0.1, 0.15) is 45.7 Å². The van der Waals surface area contributed by atoms with Gasteiger partial charge in [0, 0.05) is 31.0 Å². The number of amides is 1. The van der Waals surface area contributed by atoms with E-state index in [0.29, 0.717) is 54.3 Å². The summed E-state index contributed by atoms with van der Waals surface area (Å²) < 4.78 is 8.05. The highest BCUT2D eigenvalue weighted by Gasteiger charge is 2.44. The van der Waals surface area contributed by atoms with Gasteiger partial charge in [-0.1, -0.05) is 29.8 Å². The number of likely N-dealkylation sites (tertiary alicyclic amines) is 1. The molecule has 0 unspecified atom stereocenters. The van der Waals surface area contributed by atoms with Gasteiger partial charge in [-0.15, -0.1) is 0 Å². The lowest BCUT2D eigenvalue weighted by Crippen LogP contribution is -2.52. The van der Waals surface area contributed by atoms with Crippen molar-refractivity contribution in [2.45, 2.75) is 31.8 Å². The van der Waals surface area contributed by atoms with Crippen LogP contribution in [0.2, 0.25) is 5.02 Å². The summed E-state index contributed by atoms with van der Waals surface area (Å²) in [5, 5.41) is 4.94. The molecule has 5 rings (SSSR count). The van der Waals surface area contributed by atoms with Crippen molar-refractivity contribution in [3.63, 3.8) is 0 Å². The van der Waals surface area contributed by atoms with Gasteiger partial charge in [0.2, 0.25) is 0 Å². The number of carbonyl (C=O) groups is 2. The molecular formula is C24H22ClN3O3. The van der Waals surface area contributed by atoms with Crippen LogP contribution < -0.4 is 4.74 Å². The van der Waals surface area contributed by atoms with Gasteiger partial charge in [0.25, 0.3) is 5.91 Å². The lowest BCUT2D eigenvalue weighted by Gasteiger charge is -2.44. The van der Waals surface area contributed by atoms with Crippen LogP contribution in [0.4, 0.5) is 0 Å². The van der Waals surface area contributed by atoms with Crippen molar-refractivity contribution in [2.24, 2.45) is 0 Å². The minimum absolute atomic E-state index is 0.0381. The van der Waals surface area contributed by atoms with E-state index in [1.807, 2.05) is 42.2 Å². The van der Waals surface area contributed by atoms with E-state index in [-0.39, 0.29) is 11.7 Å². The van der Waals surface area contributed by atoms with E-state index in [4.69, 9.17) is 16.3 Å². The van der Waals surface area contributed by atoms with Gasteiger partial charge in [-0.3, -0.25) is 9.59 Å². The zero-order valence-corrected chi connectivity index (χ0v) is 17.9. The highest BCUT2D eigenvalue weighted by molar-refractivity contribution is 6.31. The van der Waals surface area contributed by atoms with Crippen LogP contribution in [-0.4, -0.2) is 45.1 Å². The third-order valence-corrected chi connectivity index (χ3v) is 6.49. The molecule has 2 aliphatic rings. The fraction of sp³-hybridized carbons (Fsp3) is 0.292. The number of fused-ring (bicyclic) bond motifs is 1. The molecule has 2 aromatic carbocycles. The van der Waals surface area contributed by atoms with Crippen molar-refractivity contribution < 1.29 is 14.3 Å². The van der Waals surface area contributed by atoms with Crippen LogP contribution in [0.15, 0.2) is 54.7 Å². The second-order valence-electron chi connectivity index (χ2n) is 8.21. The number of hydrogen-bond donors (Lipinski definition) is 0. The Labute approximate surface area is 185 Å². The number of ether oxygens (including phenoxy) is 1. The molecule has 0 saturated carbocycles. The van der Waals surface area contributed by atoms with Gasteiger partial charge in [-0.05, 0) is 37.3 Å². The maximum absolute atomic E-state index is 13.2. The Hall–Kier alpha value is -3.12. The van der Waals surface area contributed by atoms with Crippen LogP contribution in [0.5, 0.6) is 5.75 Å². The zero-order valence-electron chi connectivity index (χ0n) is 17.2. The van der Waals surface area contributed by atoms with Gasteiger partial charge >= 0.3 is 0 Å². The second-order valence-corrected chi connectivity index (χ2v) is 8.65. The number of nitrogens with zero attached hydrogens (tertiary/aromatic N) is 3. The molecule has 0 aliphatic carbocycles. The number of rotatable bonds is 2. The molecule has 3 heterocycles. The summed E-state index contributed by atoms with van der Waals surface area (Å²) >= 11 is 6.03. The largest absolute Gasteiger partial charge is 0.486 e. The van der Waals surface area contributed by atoms with Gasteiger partial charge in [-0.2, -0.15) is 5.10 Å². The molecule has 6 nitrogen and oxygen atoms in total. The number of para-hydroxylation sites is 1. The SMILES string of the molecule is Cc1c(C(=O)N2CCC3(CC2)CC(=O)c2cc(Cl)ccc2O3)cnn1-c1ccccc1. The maximum atomic E-state index is 13.2. The maximum Gasteiger partial charge on any atom is 0.257 e. The molecule has 158 valence electrons. The Kier molecular flexibility index (Phi) is 4.82. The number of Topliss-reactive ketones (excluding diaryl/α,β-unsaturated/α-hetero) is 1. The van der Waals surface area contributed by atoms with Crippen molar-refractivity contribution in [1.29, 1.82) is 0 Å². The van der Waals surface area contributed by atoms with Gasteiger partial charge < -0.3 is 9.64 Å². The third-order valence-electron chi connectivity index (χ3n) is 6.25. The molecule has 1 fully saturated rings. The standard InChI is InChI=1S/C24H22ClN3O3/c1-16-20(15-26-28(16)18-5-3-2-4-6-18)23(30)27-11-9-24(10-12-27)14-21(29)19-13-17(25)7-8-22(19)31-24/h2-8,13,15H,9-12,14H2,1H3. The second kappa shape index (κ2) is 7.54. The molecule has 0 radical (unpaired) electrons. The predicted molar refractivity (Wildman–Crippen MR) is 117 cm³/mol. The first-order valence-electron chi connectivity index (χ1n) is 10.4. The van der Waals surface area contributed by atoms with E-state index in [9.17, 15) is 9.59 Å². The van der Waals surface area contributed by atoms with Crippen molar-refractivity contribution in [3.05, 3.63) is 76.6 Å². The van der Waals surface area contributed by atoms with Gasteiger partial charge in [0.15, 0.2) is 5.78 Å². The molecule has 7 heteroatoms. The monoisotopic (exact) mass is 435 g/mol. The Morgan fingerprint density at radius 1 is 1.13 bits per heavy atom. The first-order valence-corrected chi connectivity index (χ1v) is 10.7. The van der Waals surface area contributed by atoms with E-state index in [1.165, 1.54) is 0 Å². The molecule has 3 aromatic rings. The average molecular weight is 436 g/mol. The summed E-state index contributed by atoms with van der Waals surface area (Å²) in [5.41, 5.74) is 2.31. The van der Waals surface area contributed by atoms with E-state index in [0.717, 1.165) is 11.4 Å². The first kappa shape index (κ1) is 19.8. The molecule has 1 aromatic heterocycles. The topological polar surface area (TPSA) is 64.4 Å². The lowest BCUT2D eigenvalue weighted by atomic mass is 9.82. The van der Waals surface area contributed by atoms with Gasteiger partial charge in [0.1, 0.15) is 11.4 Å². The average Bonchev–Trinajstić information content (AvgIpc) is 3.16. The van der Waals surface area contributed by atoms with E-state index >= 15 is 0 Å². The molecule has 31 heavy (non-hydrogen) atoms. The number of carbonyl (C=O) groups excluding carboxylic acids is 2. The molecule has 0 atom stereocenters. The van der Waals surface area contributed by atoms with Gasteiger partial charge in [0.05, 0.1) is 35.1 Å². The van der Waals surface area contributed by atoms with E-state index < -0.39 is 5.60 Å². The number of piperidine rings is 1. The molecular weight excluding hydrogens is 414 g/mol. The number of ketones is 1. The Bertz CT molecular complexity index is 1160. The van der Waals surface area contributed by atoms with Crippen molar-refractivity contribution >= 4 is 23.3 Å². The smallest absolute Gasteiger partial charge is 0.257 e. The molecule has 2 aliphatic heterocycles. The molecule has 1 saturated heterocycles. The van der Waals surface area contributed by atoms with Crippen LogP contribution in [0, 0.1) is 6.92 Å². The van der Waals surface area contributed by atoms with Crippen LogP contribution >= 0.6 is 11.6 Å². The van der Waals surface area contributed by atoms with Crippen molar-refractivity contribution in [3.8, 4) is 11.4 Å². The minimum Gasteiger partial charge on any atom is -0.486 e. The minimum atomic E-state index is -0.558. The zero-order chi connectivity index (χ0) is 21.6. The van der Waals surface area contributed by atoms with E-state index in [2.05, 4.69) is 5.10 Å². The van der Waals surface area contributed by atoms with Crippen LogP contribution in [-0.2, 0) is 0 Å². The Morgan fingerprint density at radius 2 is 1.87 bits per heavy atom. The predicted octanol–water partition coefficient (Wildman–Crippen LogP) is 4.47. The molecule has 0 N–H and O–H groups in total. The fourth-order valence-corrected chi connectivity index (χ4v) is 4.65. The number of hydrogen-bond acceptors (Lipinski definition) is 4. The third kappa shape index (κ3) is 3.51. The van der Waals surface area contributed by atoms with Crippen molar-refractivity contribution in [1.82, 2.24) is 14.7 Å². The summed E-state index contributed by atoms with van der Waals surface area (Å²) in [5.74, 6) is 0.591. The molecule has 0 bridgehead atoms. The summed E-state index contributed by atoms with van der Waals surface area (Å²) in [6.07, 6.45) is 3.17. The molecule has 1 spiro atoms. The molecule has 1 amide bonds. The lowest BCUT2D eigenvalue weighted by molar-refractivity contribution is -0.00571. The highest BCUT2D eigenvalue weighted by Crippen LogP contribution is 2.40. The summed E-state index contributed by atoms with van der Waals surface area (Å²) in [7, 11) is 0. The van der Waals surface area contributed by atoms with Gasteiger partial charge in [-0.25, -0.2) is 4.68 Å². The summed E-state index contributed by atoms with van der Waals surface area (Å²) in [6, 6.07) is 14.9. The highest BCUT2D eigenvalue weighted by atomic mass is 35.5. The number of aromatic nitrogens is 2. The van der Waals surface area contributed by atoms with Crippen LogP contribution in [0.25, 0.3) is 5.69 Å². The fourth-order valence-electron chi connectivity index (χ4n) is 4.48. The summed E-state index contributed by atoms with van der Waals surface area (Å²) in [4.78, 5) is 27.7. The number of halogens is 1. The van der Waals surface area contributed by atoms with Crippen LogP contribution in [0.3, 0.4) is 0 Å². The number of benzene rings is 2. The Balaban J connectivity index is 1.31. The normalized spacial score (nSPS) is 17.4.